The molecule has 1 aromatic heterocycles. The zero-order chi connectivity index (χ0) is 24.1. The number of nitrogens with one attached hydrogen (secondary N) is 2. The maximum Gasteiger partial charge on any atom is 0.264 e. The third-order valence-electron chi connectivity index (χ3n) is 5.62. The van der Waals surface area contributed by atoms with Crippen LogP contribution in [0, 0.1) is 5.92 Å². The molecule has 2 aromatic carbocycles. The minimum atomic E-state index is -3.91. The fourth-order valence-electron chi connectivity index (χ4n) is 3.87. The molecule has 2 amide bonds. The average molecular weight is 480 g/mol. The first-order valence-electron chi connectivity index (χ1n) is 10.9. The van der Waals surface area contributed by atoms with Crippen molar-refractivity contribution in [2.45, 2.75) is 24.7 Å². The summed E-state index contributed by atoms with van der Waals surface area (Å²) in [6.07, 6.45) is 2.91. The number of nitrogens with zero attached hydrogens (tertiary/aromatic N) is 3. The van der Waals surface area contributed by atoms with Gasteiger partial charge in [0.2, 0.25) is 11.8 Å². The predicted octanol–water partition coefficient (Wildman–Crippen LogP) is 2.82. The van der Waals surface area contributed by atoms with Crippen molar-refractivity contribution in [3.63, 3.8) is 0 Å². The molecule has 0 saturated carbocycles. The summed E-state index contributed by atoms with van der Waals surface area (Å²) in [6.45, 7) is 2.51. The van der Waals surface area contributed by atoms with E-state index in [4.69, 9.17) is 0 Å². The van der Waals surface area contributed by atoms with Crippen molar-refractivity contribution in [3.05, 3.63) is 67.0 Å². The fourth-order valence-corrected chi connectivity index (χ4v) is 4.86. The summed E-state index contributed by atoms with van der Waals surface area (Å²) in [6, 6.07) is 17.6. The Bertz CT molecular complexity index is 1270. The molecule has 176 valence electrons. The number of hydrogen-bond acceptors (Lipinski definition) is 7. The van der Waals surface area contributed by atoms with Crippen LogP contribution in [0.5, 0.6) is 0 Å². The lowest BCUT2D eigenvalue weighted by Gasteiger charge is -2.32. The molecule has 1 fully saturated rings. The van der Waals surface area contributed by atoms with Crippen LogP contribution in [-0.2, 0) is 19.6 Å². The Morgan fingerprint density at radius 2 is 1.65 bits per heavy atom. The Morgan fingerprint density at radius 3 is 2.29 bits per heavy atom. The summed E-state index contributed by atoms with van der Waals surface area (Å²) in [5, 5.41) is 2.85. The predicted molar refractivity (Wildman–Crippen MR) is 128 cm³/mol. The molecule has 1 saturated heterocycles. The lowest BCUT2D eigenvalue weighted by atomic mass is 9.95. The Balaban J connectivity index is 1.34. The third kappa shape index (κ3) is 5.57. The summed E-state index contributed by atoms with van der Waals surface area (Å²) < 4.78 is 26.0. The van der Waals surface area contributed by atoms with Crippen LogP contribution >= 0.6 is 0 Å². The second-order valence-electron chi connectivity index (χ2n) is 8.06. The Morgan fingerprint density at radius 1 is 0.971 bits per heavy atom. The molecular formula is C24H25N5O4S. The maximum absolute atomic E-state index is 12.7. The topological polar surface area (TPSA) is 121 Å². The number of carbonyl (C=O) groups excluding carboxylic acids is 2. The van der Waals surface area contributed by atoms with E-state index in [2.05, 4.69) is 20.2 Å². The van der Waals surface area contributed by atoms with Gasteiger partial charge in [0.1, 0.15) is 12.1 Å². The summed E-state index contributed by atoms with van der Waals surface area (Å²) in [5.74, 6) is -0.0927. The highest BCUT2D eigenvalue weighted by Gasteiger charge is 2.26. The molecule has 10 heteroatoms. The van der Waals surface area contributed by atoms with Gasteiger partial charge in [-0.2, -0.15) is 0 Å². The van der Waals surface area contributed by atoms with Gasteiger partial charge in [0.25, 0.3) is 10.0 Å². The first-order chi connectivity index (χ1) is 16.3. The number of amides is 2. The average Bonchev–Trinajstić information content (AvgIpc) is 2.84. The van der Waals surface area contributed by atoms with E-state index < -0.39 is 15.9 Å². The Kier molecular flexibility index (Phi) is 6.87. The lowest BCUT2D eigenvalue weighted by molar-refractivity contribution is -0.120. The van der Waals surface area contributed by atoms with Gasteiger partial charge < -0.3 is 10.2 Å². The number of anilines is 2. The smallest absolute Gasteiger partial charge is 0.264 e. The first kappa shape index (κ1) is 23.4. The van der Waals surface area contributed by atoms with E-state index in [1.807, 2.05) is 41.1 Å². The summed E-state index contributed by atoms with van der Waals surface area (Å²) in [7, 11) is -3.91. The van der Waals surface area contributed by atoms with Crippen molar-refractivity contribution in [2.75, 3.05) is 23.3 Å². The molecule has 1 aliphatic heterocycles. The third-order valence-corrected chi connectivity index (χ3v) is 7.07. The second kappa shape index (κ2) is 10.0. The number of piperidine rings is 1. The van der Waals surface area contributed by atoms with Gasteiger partial charge in [-0.3, -0.25) is 9.59 Å². The van der Waals surface area contributed by atoms with Crippen LogP contribution in [0.4, 0.5) is 11.5 Å². The van der Waals surface area contributed by atoms with Crippen molar-refractivity contribution in [2.24, 2.45) is 5.92 Å². The molecule has 2 heterocycles. The highest BCUT2D eigenvalue weighted by molar-refractivity contribution is 7.90. The quantitative estimate of drug-likeness (QED) is 0.558. The van der Waals surface area contributed by atoms with Crippen LogP contribution in [0.2, 0.25) is 0 Å². The van der Waals surface area contributed by atoms with E-state index >= 15 is 0 Å². The van der Waals surface area contributed by atoms with E-state index in [-0.39, 0.29) is 16.7 Å². The first-order valence-corrected chi connectivity index (χ1v) is 12.4. The van der Waals surface area contributed by atoms with Gasteiger partial charge in [-0.1, -0.05) is 30.3 Å². The maximum atomic E-state index is 12.7. The zero-order valence-electron chi connectivity index (χ0n) is 18.6. The number of aromatic nitrogens is 2. The van der Waals surface area contributed by atoms with Crippen LogP contribution in [-0.4, -0.2) is 43.3 Å². The number of hydrogen-bond donors (Lipinski definition) is 2. The number of rotatable bonds is 6. The van der Waals surface area contributed by atoms with Crippen molar-refractivity contribution in [1.29, 1.82) is 0 Å². The molecule has 0 bridgehead atoms. The molecule has 0 radical (unpaired) electrons. The minimum Gasteiger partial charge on any atom is -0.356 e. The molecule has 9 nitrogen and oxygen atoms in total. The standard InChI is InChI=1S/C24H25N5O4S/c1-17(30)28-34(32,33)21-9-7-20(8-10-21)27-24(31)19-11-13-29(14-12-19)23-15-22(25-16-26-23)18-5-3-2-4-6-18/h2-10,15-16,19H,11-14H2,1H3,(H,27,31)(H,28,30). The summed E-state index contributed by atoms with van der Waals surface area (Å²) in [5.41, 5.74) is 2.38. The molecule has 0 unspecified atom stereocenters. The van der Waals surface area contributed by atoms with Gasteiger partial charge >= 0.3 is 0 Å². The second-order valence-corrected chi connectivity index (χ2v) is 9.75. The SMILES string of the molecule is CC(=O)NS(=O)(=O)c1ccc(NC(=O)C2CCN(c3cc(-c4ccccc4)ncn3)CC2)cc1. The molecular weight excluding hydrogens is 454 g/mol. The molecule has 1 aliphatic rings. The Labute approximate surface area is 198 Å². The van der Waals surface area contributed by atoms with Crippen LogP contribution in [0.25, 0.3) is 11.3 Å². The van der Waals surface area contributed by atoms with Gasteiger partial charge in [0.15, 0.2) is 0 Å². The number of benzene rings is 2. The van der Waals surface area contributed by atoms with Crippen molar-refractivity contribution >= 4 is 33.3 Å². The molecule has 3 aromatic rings. The van der Waals surface area contributed by atoms with E-state index in [0.29, 0.717) is 31.6 Å². The molecule has 34 heavy (non-hydrogen) atoms. The van der Waals surface area contributed by atoms with Crippen LogP contribution < -0.4 is 14.9 Å². The van der Waals surface area contributed by atoms with E-state index in [1.165, 1.54) is 24.3 Å². The molecule has 0 aliphatic carbocycles. The van der Waals surface area contributed by atoms with Gasteiger partial charge in [0, 0.05) is 43.2 Å². The van der Waals surface area contributed by atoms with E-state index in [0.717, 1.165) is 24.0 Å². The monoisotopic (exact) mass is 479 g/mol. The van der Waals surface area contributed by atoms with Crippen LogP contribution in [0.3, 0.4) is 0 Å². The number of sulfonamides is 1. The van der Waals surface area contributed by atoms with E-state index in [1.54, 1.807) is 6.33 Å². The summed E-state index contributed by atoms with van der Waals surface area (Å²) in [4.78, 5) is 34.7. The van der Waals surface area contributed by atoms with Gasteiger partial charge in [0.05, 0.1) is 10.6 Å². The highest BCUT2D eigenvalue weighted by atomic mass is 32.2. The van der Waals surface area contributed by atoms with Crippen LogP contribution in [0.1, 0.15) is 19.8 Å². The van der Waals surface area contributed by atoms with Gasteiger partial charge in [-0.15, -0.1) is 0 Å². The normalized spacial score (nSPS) is 14.4. The minimum absolute atomic E-state index is 0.0475. The van der Waals surface area contributed by atoms with Crippen molar-refractivity contribution < 1.29 is 18.0 Å². The fraction of sp³-hybridized carbons (Fsp3) is 0.250. The molecule has 2 N–H and O–H groups in total. The lowest BCUT2D eigenvalue weighted by Crippen LogP contribution is -2.38. The zero-order valence-corrected chi connectivity index (χ0v) is 19.5. The van der Waals surface area contributed by atoms with Gasteiger partial charge in [-0.25, -0.2) is 23.1 Å². The summed E-state index contributed by atoms with van der Waals surface area (Å²) >= 11 is 0. The molecule has 0 spiro atoms. The highest BCUT2D eigenvalue weighted by Crippen LogP contribution is 2.26. The largest absolute Gasteiger partial charge is 0.356 e. The van der Waals surface area contributed by atoms with Gasteiger partial charge in [-0.05, 0) is 37.1 Å². The number of carbonyl (C=O) groups is 2. The molecule has 4 rings (SSSR count). The van der Waals surface area contributed by atoms with Crippen molar-refractivity contribution in [3.8, 4) is 11.3 Å². The Hall–Kier alpha value is -3.79. The van der Waals surface area contributed by atoms with Crippen LogP contribution in [0.15, 0.2) is 71.9 Å². The van der Waals surface area contributed by atoms with Crippen molar-refractivity contribution in [1.82, 2.24) is 14.7 Å². The van der Waals surface area contributed by atoms with E-state index in [9.17, 15) is 18.0 Å². The molecule has 0 atom stereocenters.